The van der Waals surface area contributed by atoms with Crippen LogP contribution < -0.4 is 16.6 Å². The molecule has 4 N–H and O–H groups in total. The molecule has 2 aromatic rings. The van der Waals surface area contributed by atoms with Gasteiger partial charge in [0.2, 0.25) is 5.91 Å². The number of anilines is 2. The minimum absolute atomic E-state index is 0.0150. The zero-order valence-corrected chi connectivity index (χ0v) is 15.7. The standard InChI is InChI=1S/C17H19ClF2N6O2/c1-9(15(27)25-13-3-2-10(18)6-22-13)26-5-4-17(19,20)11(8-26)12-7-23-16(28)14(21)24-12/h2-3,6-7,9,11H,4-5,8H2,1H3,(H2,21,24)(H,23,28)(H,22,25,27)/t9-,11+/m0/s1. The molecule has 3 rings (SSSR count). The number of alkyl halides is 2. The summed E-state index contributed by atoms with van der Waals surface area (Å²) < 4.78 is 29.0. The maximum atomic E-state index is 14.5. The van der Waals surface area contributed by atoms with Crippen LogP contribution in [0.2, 0.25) is 5.02 Å². The molecule has 0 unspecified atom stereocenters. The highest BCUT2D eigenvalue weighted by Crippen LogP contribution is 2.40. The second-order valence-corrected chi connectivity index (χ2v) is 7.06. The van der Waals surface area contributed by atoms with E-state index >= 15 is 0 Å². The molecular weight excluding hydrogens is 394 g/mol. The van der Waals surface area contributed by atoms with Crippen LogP contribution in [0.15, 0.2) is 29.3 Å². The minimum Gasteiger partial charge on any atom is -0.379 e. The number of amides is 1. The predicted octanol–water partition coefficient (Wildman–Crippen LogP) is 1.85. The molecule has 2 atom stereocenters. The summed E-state index contributed by atoms with van der Waals surface area (Å²) in [6, 6.07) is 2.45. The lowest BCUT2D eigenvalue weighted by molar-refractivity contribution is -0.125. The van der Waals surface area contributed by atoms with Crippen LogP contribution in [0.4, 0.5) is 20.4 Å². The van der Waals surface area contributed by atoms with Crippen molar-refractivity contribution in [2.45, 2.75) is 31.2 Å². The Morgan fingerprint density at radius 1 is 1.50 bits per heavy atom. The predicted molar refractivity (Wildman–Crippen MR) is 100 cm³/mol. The first-order chi connectivity index (χ1) is 13.2. The third-order valence-electron chi connectivity index (χ3n) is 4.76. The fourth-order valence-corrected chi connectivity index (χ4v) is 3.16. The molecule has 0 aromatic carbocycles. The molecule has 1 fully saturated rings. The van der Waals surface area contributed by atoms with E-state index in [0.29, 0.717) is 10.8 Å². The third-order valence-corrected chi connectivity index (χ3v) is 4.98. The molecular formula is C17H19ClF2N6O2. The molecule has 0 bridgehead atoms. The van der Waals surface area contributed by atoms with E-state index in [1.54, 1.807) is 24.0 Å². The van der Waals surface area contributed by atoms with Crippen LogP contribution in [-0.2, 0) is 4.79 Å². The van der Waals surface area contributed by atoms with Gasteiger partial charge in [-0.2, -0.15) is 0 Å². The van der Waals surface area contributed by atoms with Gasteiger partial charge in [-0.1, -0.05) is 11.6 Å². The van der Waals surface area contributed by atoms with Gasteiger partial charge in [-0.3, -0.25) is 14.5 Å². The molecule has 0 aliphatic carbocycles. The van der Waals surface area contributed by atoms with Crippen LogP contribution in [0, 0.1) is 0 Å². The topological polar surface area (TPSA) is 117 Å². The molecule has 150 valence electrons. The zero-order chi connectivity index (χ0) is 20.5. The SMILES string of the molecule is C[C@@H](C(=O)Nc1ccc(Cl)cn1)N1CCC(F)(F)[C@@H](c2c[nH]c(=O)c(N)n2)C1. The maximum absolute atomic E-state index is 14.5. The number of pyridine rings is 1. The third kappa shape index (κ3) is 4.28. The van der Waals surface area contributed by atoms with Gasteiger partial charge in [0.25, 0.3) is 11.5 Å². The van der Waals surface area contributed by atoms with Gasteiger partial charge in [-0.05, 0) is 19.1 Å². The van der Waals surface area contributed by atoms with Gasteiger partial charge in [-0.25, -0.2) is 18.7 Å². The molecule has 1 amide bonds. The van der Waals surface area contributed by atoms with Crippen molar-refractivity contribution in [3.05, 3.63) is 45.6 Å². The largest absolute Gasteiger partial charge is 0.379 e. The summed E-state index contributed by atoms with van der Waals surface area (Å²) >= 11 is 5.76. The van der Waals surface area contributed by atoms with Crippen LogP contribution in [0.5, 0.6) is 0 Å². The first kappa shape index (κ1) is 20.2. The van der Waals surface area contributed by atoms with Crippen molar-refractivity contribution in [1.29, 1.82) is 0 Å². The first-order valence-corrected chi connectivity index (χ1v) is 8.94. The second-order valence-electron chi connectivity index (χ2n) is 6.63. The number of piperidine rings is 1. The molecule has 8 nitrogen and oxygen atoms in total. The van der Waals surface area contributed by atoms with E-state index in [0.717, 1.165) is 6.20 Å². The molecule has 0 spiro atoms. The van der Waals surface area contributed by atoms with E-state index in [4.69, 9.17) is 17.3 Å². The molecule has 1 aliphatic heterocycles. The number of nitrogens with zero attached hydrogens (tertiary/aromatic N) is 3. The molecule has 3 heterocycles. The summed E-state index contributed by atoms with van der Waals surface area (Å²) in [7, 11) is 0. The van der Waals surface area contributed by atoms with E-state index in [9.17, 15) is 18.4 Å². The summed E-state index contributed by atoms with van der Waals surface area (Å²) in [5, 5.41) is 3.07. The fraction of sp³-hybridized carbons (Fsp3) is 0.412. The van der Waals surface area contributed by atoms with Crippen molar-refractivity contribution in [2.24, 2.45) is 0 Å². The number of nitrogens with one attached hydrogen (secondary N) is 2. The van der Waals surface area contributed by atoms with Crippen LogP contribution in [-0.4, -0.2) is 50.8 Å². The zero-order valence-electron chi connectivity index (χ0n) is 15.0. The lowest BCUT2D eigenvalue weighted by Gasteiger charge is -2.40. The smallest absolute Gasteiger partial charge is 0.290 e. The van der Waals surface area contributed by atoms with Crippen LogP contribution in [0.3, 0.4) is 0 Å². The average Bonchev–Trinajstić information content (AvgIpc) is 2.65. The molecule has 28 heavy (non-hydrogen) atoms. The van der Waals surface area contributed by atoms with Gasteiger partial charge in [0.05, 0.1) is 22.7 Å². The highest BCUT2D eigenvalue weighted by molar-refractivity contribution is 6.30. The van der Waals surface area contributed by atoms with Crippen molar-refractivity contribution in [2.75, 3.05) is 24.1 Å². The number of rotatable bonds is 4. The normalized spacial score (nSPS) is 20.5. The Morgan fingerprint density at radius 3 is 2.89 bits per heavy atom. The van der Waals surface area contributed by atoms with Gasteiger partial charge in [0.15, 0.2) is 5.82 Å². The quantitative estimate of drug-likeness (QED) is 0.705. The fourth-order valence-electron chi connectivity index (χ4n) is 3.05. The molecule has 1 saturated heterocycles. The van der Waals surface area contributed by atoms with Crippen molar-refractivity contribution in [3.63, 3.8) is 0 Å². The van der Waals surface area contributed by atoms with E-state index in [2.05, 4.69) is 20.3 Å². The summed E-state index contributed by atoms with van der Waals surface area (Å²) in [6.07, 6.45) is 2.09. The number of nitrogen functional groups attached to an aromatic ring is 1. The highest BCUT2D eigenvalue weighted by Gasteiger charge is 2.47. The van der Waals surface area contributed by atoms with Gasteiger partial charge >= 0.3 is 0 Å². The molecule has 1 aliphatic rings. The Hall–Kier alpha value is -2.59. The molecule has 11 heteroatoms. The number of likely N-dealkylation sites (tertiary alicyclic amines) is 1. The molecule has 0 radical (unpaired) electrons. The maximum Gasteiger partial charge on any atom is 0.290 e. The van der Waals surface area contributed by atoms with Gasteiger partial charge in [0, 0.05) is 31.9 Å². The Bertz CT molecular complexity index is 921. The van der Waals surface area contributed by atoms with Crippen LogP contribution in [0.25, 0.3) is 0 Å². The lowest BCUT2D eigenvalue weighted by atomic mass is 9.90. The Balaban J connectivity index is 1.75. The van der Waals surface area contributed by atoms with Crippen LogP contribution >= 0.6 is 11.6 Å². The van der Waals surface area contributed by atoms with Crippen molar-refractivity contribution < 1.29 is 13.6 Å². The van der Waals surface area contributed by atoms with Gasteiger partial charge < -0.3 is 16.0 Å². The summed E-state index contributed by atoms with van der Waals surface area (Å²) in [6.45, 7) is 1.54. The first-order valence-electron chi connectivity index (χ1n) is 8.57. The van der Waals surface area contributed by atoms with Gasteiger partial charge in [0.1, 0.15) is 5.82 Å². The van der Waals surface area contributed by atoms with E-state index in [1.165, 1.54) is 6.20 Å². The van der Waals surface area contributed by atoms with E-state index < -0.39 is 29.9 Å². The Kier molecular flexibility index (Phi) is 5.61. The number of hydrogen-bond donors (Lipinski definition) is 3. The number of hydrogen-bond acceptors (Lipinski definition) is 6. The monoisotopic (exact) mass is 412 g/mol. The number of halogens is 3. The van der Waals surface area contributed by atoms with E-state index in [1.807, 2.05) is 0 Å². The van der Waals surface area contributed by atoms with Crippen LogP contribution in [0.1, 0.15) is 25.0 Å². The van der Waals surface area contributed by atoms with E-state index in [-0.39, 0.29) is 30.5 Å². The van der Waals surface area contributed by atoms with Crippen molar-refractivity contribution in [1.82, 2.24) is 19.9 Å². The number of H-pyrrole nitrogens is 1. The summed E-state index contributed by atoms with van der Waals surface area (Å²) in [4.78, 5) is 35.6. The second kappa shape index (κ2) is 7.80. The molecule has 2 aromatic heterocycles. The Labute approximate surface area is 164 Å². The van der Waals surface area contributed by atoms with Crippen molar-refractivity contribution >= 4 is 29.1 Å². The number of carbonyl (C=O) groups excluding carboxylic acids is 1. The average molecular weight is 413 g/mol. The summed E-state index contributed by atoms with van der Waals surface area (Å²) in [5.41, 5.74) is 4.81. The molecule has 0 saturated carbocycles. The number of carbonyl (C=O) groups is 1. The number of nitrogens with two attached hydrogens (primary N) is 1. The van der Waals surface area contributed by atoms with Gasteiger partial charge in [-0.15, -0.1) is 0 Å². The highest BCUT2D eigenvalue weighted by atomic mass is 35.5. The summed E-state index contributed by atoms with van der Waals surface area (Å²) in [5.74, 6) is -4.78. The Morgan fingerprint density at radius 2 is 2.25 bits per heavy atom. The van der Waals surface area contributed by atoms with Crippen molar-refractivity contribution in [3.8, 4) is 0 Å². The minimum atomic E-state index is -3.04. The lowest BCUT2D eigenvalue weighted by Crippen LogP contribution is -2.52. The number of aromatic amines is 1. The number of aromatic nitrogens is 3.